The molecule has 35 heavy (non-hydrogen) atoms. The van der Waals surface area contributed by atoms with Crippen LogP contribution in [0.3, 0.4) is 0 Å². The molecule has 0 radical (unpaired) electrons. The number of nitrogens with zero attached hydrogens (tertiary/aromatic N) is 4. The van der Waals surface area contributed by atoms with Gasteiger partial charge in [0.25, 0.3) is 0 Å². The Morgan fingerprint density at radius 2 is 2.06 bits per heavy atom. The molecule has 0 aliphatic heterocycles. The molecule has 1 aromatic carbocycles. The first kappa shape index (κ1) is 24.9. The van der Waals surface area contributed by atoms with Gasteiger partial charge in [-0.1, -0.05) is 31.5 Å². The molecule has 0 amide bonds. The summed E-state index contributed by atoms with van der Waals surface area (Å²) in [7, 11) is -0.432. The number of rotatable bonds is 9. The minimum atomic E-state index is -2.58. The molecule has 3 heterocycles. The second-order valence-corrected chi connectivity index (χ2v) is 9.37. The summed E-state index contributed by atoms with van der Waals surface area (Å²) in [5.41, 5.74) is 2.54. The maximum Gasteiger partial charge on any atom is 0.242 e. The van der Waals surface area contributed by atoms with Crippen molar-refractivity contribution in [2.75, 3.05) is 11.8 Å². The van der Waals surface area contributed by atoms with E-state index in [1.807, 2.05) is 13.8 Å². The molecule has 4 aromatic rings. The van der Waals surface area contributed by atoms with E-state index in [9.17, 15) is 13.0 Å². The number of benzene rings is 1. The van der Waals surface area contributed by atoms with Crippen molar-refractivity contribution in [2.45, 2.75) is 43.9 Å². The SMILES string of the molecule is CCC(C)c1nc(NS(=O)c2c[nH]c3c(-c4cnccn4)c(Cl)ccc23)nc(OC)c1CC(F)F. The van der Waals surface area contributed by atoms with E-state index in [0.717, 1.165) is 0 Å². The predicted octanol–water partition coefficient (Wildman–Crippen LogP) is 5.53. The monoisotopic (exact) mass is 520 g/mol. The molecular formula is C23H23ClF2N6O2S. The molecule has 0 fully saturated rings. The van der Waals surface area contributed by atoms with Gasteiger partial charge in [-0.25, -0.2) is 18.0 Å². The minimum Gasteiger partial charge on any atom is -0.481 e. The summed E-state index contributed by atoms with van der Waals surface area (Å²) in [6.45, 7) is 3.82. The van der Waals surface area contributed by atoms with Gasteiger partial charge >= 0.3 is 0 Å². The molecule has 0 aliphatic carbocycles. The quantitative estimate of drug-likeness (QED) is 0.300. The highest BCUT2D eigenvalue weighted by atomic mass is 35.5. The number of alkyl halides is 2. The maximum absolute atomic E-state index is 13.3. The van der Waals surface area contributed by atoms with Crippen molar-refractivity contribution >= 4 is 39.4 Å². The van der Waals surface area contributed by atoms with E-state index in [1.165, 1.54) is 7.11 Å². The van der Waals surface area contributed by atoms with Gasteiger partial charge in [0.15, 0.2) is 11.0 Å². The summed E-state index contributed by atoms with van der Waals surface area (Å²) >= 11 is 6.43. The van der Waals surface area contributed by atoms with Gasteiger partial charge in [-0.15, -0.1) is 0 Å². The Hall–Kier alpha value is -3.18. The van der Waals surface area contributed by atoms with Crippen molar-refractivity contribution in [3.05, 3.63) is 53.2 Å². The molecule has 12 heteroatoms. The van der Waals surface area contributed by atoms with Crippen molar-refractivity contribution in [1.29, 1.82) is 0 Å². The summed E-state index contributed by atoms with van der Waals surface area (Å²) in [6.07, 6.45) is 3.88. The Morgan fingerprint density at radius 3 is 2.71 bits per heavy atom. The van der Waals surface area contributed by atoms with Crippen molar-refractivity contribution in [1.82, 2.24) is 24.9 Å². The topological polar surface area (TPSA) is 106 Å². The number of fused-ring (bicyclic) bond motifs is 1. The van der Waals surface area contributed by atoms with Crippen LogP contribution in [0.25, 0.3) is 22.2 Å². The molecule has 0 spiro atoms. The zero-order valence-corrected chi connectivity index (χ0v) is 20.8. The number of methoxy groups -OCH3 is 1. The lowest BCUT2D eigenvalue weighted by atomic mass is 9.98. The summed E-state index contributed by atoms with van der Waals surface area (Å²) in [5.74, 6) is -0.0730. The number of ether oxygens (including phenoxy) is 1. The number of halogens is 3. The van der Waals surface area contributed by atoms with Gasteiger partial charge in [0.05, 0.1) is 40.1 Å². The highest BCUT2D eigenvalue weighted by Gasteiger charge is 2.24. The molecule has 4 rings (SSSR count). The van der Waals surface area contributed by atoms with Gasteiger partial charge in [0.2, 0.25) is 18.3 Å². The van der Waals surface area contributed by atoms with Crippen LogP contribution in [-0.4, -0.2) is 42.7 Å². The molecule has 2 atom stereocenters. The lowest BCUT2D eigenvalue weighted by molar-refractivity contribution is 0.147. The number of H-pyrrole nitrogens is 1. The Labute approximate surface area is 208 Å². The molecule has 184 valence electrons. The van der Waals surface area contributed by atoms with E-state index in [-0.39, 0.29) is 23.3 Å². The van der Waals surface area contributed by atoms with Crippen molar-refractivity contribution in [2.24, 2.45) is 0 Å². The fraction of sp³-hybridized carbons (Fsp3) is 0.304. The largest absolute Gasteiger partial charge is 0.481 e. The predicted molar refractivity (Wildman–Crippen MR) is 131 cm³/mol. The Bertz CT molecular complexity index is 1370. The van der Waals surface area contributed by atoms with Gasteiger partial charge in [0, 0.05) is 41.5 Å². The molecule has 0 bridgehead atoms. The van der Waals surface area contributed by atoms with Gasteiger partial charge in [-0.2, -0.15) is 4.98 Å². The highest BCUT2D eigenvalue weighted by molar-refractivity contribution is 7.86. The Kier molecular flexibility index (Phi) is 7.56. The van der Waals surface area contributed by atoms with E-state index in [1.54, 1.807) is 36.9 Å². The van der Waals surface area contributed by atoms with Gasteiger partial charge in [0.1, 0.15) is 0 Å². The van der Waals surface area contributed by atoms with E-state index >= 15 is 0 Å². The first-order valence-electron chi connectivity index (χ1n) is 10.8. The first-order valence-corrected chi connectivity index (χ1v) is 12.3. The van der Waals surface area contributed by atoms with Crippen LogP contribution in [0, 0.1) is 0 Å². The molecule has 0 saturated heterocycles. The third kappa shape index (κ3) is 5.10. The molecule has 2 N–H and O–H groups in total. The zero-order chi connectivity index (χ0) is 25.1. The first-order chi connectivity index (χ1) is 16.8. The average Bonchev–Trinajstić information content (AvgIpc) is 3.28. The molecular weight excluding hydrogens is 498 g/mol. The Morgan fingerprint density at radius 1 is 1.26 bits per heavy atom. The van der Waals surface area contributed by atoms with Crippen LogP contribution in [-0.2, 0) is 17.4 Å². The highest BCUT2D eigenvalue weighted by Crippen LogP contribution is 2.36. The third-order valence-corrected chi connectivity index (χ3v) is 7.02. The number of aromatic nitrogens is 5. The molecule has 2 unspecified atom stereocenters. The van der Waals surface area contributed by atoms with Crippen LogP contribution >= 0.6 is 11.6 Å². The summed E-state index contributed by atoms with van der Waals surface area (Å²) < 4.78 is 47.8. The number of anilines is 1. The second-order valence-electron chi connectivity index (χ2n) is 7.78. The standard InChI is InChI=1S/C23H23ClF2N6O2S/c1-4-12(2)20-14(9-18(25)26)22(34-3)31-23(30-20)32-35(33)17-11-29-21-13(17)5-6-15(24)19(21)16-10-27-7-8-28-16/h5-8,10-12,18,29H,4,9H2,1-3H3,(H,30,31,32). The third-order valence-electron chi connectivity index (χ3n) is 5.60. The smallest absolute Gasteiger partial charge is 0.242 e. The van der Waals surface area contributed by atoms with Crippen molar-refractivity contribution < 1.29 is 17.7 Å². The molecule has 0 saturated carbocycles. The van der Waals surface area contributed by atoms with E-state index in [0.29, 0.717) is 44.2 Å². The number of nitrogens with one attached hydrogen (secondary N) is 2. The Balaban J connectivity index is 1.73. The molecule has 0 aliphatic rings. The normalized spacial score (nSPS) is 13.2. The second kappa shape index (κ2) is 10.6. The van der Waals surface area contributed by atoms with Crippen molar-refractivity contribution in [3.8, 4) is 17.1 Å². The summed E-state index contributed by atoms with van der Waals surface area (Å²) in [5, 5.41) is 1.12. The van der Waals surface area contributed by atoms with Gasteiger partial charge in [-0.3, -0.25) is 14.7 Å². The van der Waals surface area contributed by atoms with Gasteiger partial charge < -0.3 is 9.72 Å². The van der Waals surface area contributed by atoms with Crippen molar-refractivity contribution in [3.63, 3.8) is 0 Å². The molecule has 3 aromatic heterocycles. The number of aromatic amines is 1. The van der Waals surface area contributed by atoms with Crippen LogP contribution in [0.5, 0.6) is 5.88 Å². The minimum absolute atomic E-state index is 0.0194. The number of hydrogen-bond acceptors (Lipinski definition) is 6. The fourth-order valence-electron chi connectivity index (χ4n) is 3.76. The average molecular weight is 521 g/mol. The van der Waals surface area contributed by atoms with Crippen LogP contribution in [0.1, 0.15) is 37.4 Å². The maximum atomic E-state index is 13.3. The van der Waals surface area contributed by atoms with Crippen LogP contribution in [0.2, 0.25) is 5.02 Å². The van der Waals surface area contributed by atoms with E-state index in [4.69, 9.17) is 16.3 Å². The van der Waals surface area contributed by atoms with Crippen LogP contribution in [0.4, 0.5) is 14.7 Å². The van der Waals surface area contributed by atoms with Gasteiger partial charge in [-0.05, 0) is 18.4 Å². The van der Waals surface area contributed by atoms with E-state index in [2.05, 4.69) is 29.6 Å². The van der Waals surface area contributed by atoms with E-state index < -0.39 is 23.8 Å². The summed E-state index contributed by atoms with van der Waals surface area (Å²) in [4.78, 5) is 20.6. The molecule has 8 nitrogen and oxygen atoms in total. The number of hydrogen-bond donors (Lipinski definition) is 2. The van der Waals surface area contributed by atoms with Crippen LogP contribution in [0.15, 0.2) is 41.8 Å². The van der Waals surface area contributed by atoms with Crippen LogP contribution < -0.4 is 9.46 Å². The lowest BCUT2D eigenvalue weighted by Crippen LogP contribution is -2.15. The lowest BCUT2D eigenvalue weighted by Gasteiger charge is -2.18. The fourth-order valence-corrected chi connectivity index (χ4v) is 4.92. The summed E-state index contributed by atoms with van der Waals surface area (Å²) in [6, 6.07) is 3.45. The zero-order valence-electron chi connectivity index (χ0n) is 19.2.